The average Bonchev–Trinajstić information content (AvgIpc) is 4.60. The van der Waals surface area contributed by atoms with E-state index in [-0.39, 0.29) is 11.3 Å². The number of pyridine rings is 4. The minimum absolute atomic E-state index is 0.183. The summed E-state index contributed by atoms with van der Waals surface area (Å²) in [5.41, 5.74) is 13.3. The number of halogens is 2. The summed E-state index contributed by atoms with van der Waals surface area (Å²) in [6.45, 7) is 22.8. The van der Waals surface area contributed by atoms with E-state index < -0.39 is 11.6 Å². The molecule has 9 heterocycles. The predicted octanol–water partition coefficient (Wildman–Crippen LogP) is 13.1. The molecule has 16 heteroatoms. The van der Waals surface area contributed by atoms with E-state index in [1.165, 1.54) is 12.8 Å². The molecule has 11 aromatic rings. The molecule has 1 fully saturated rings. The Kier molecular flexibility index (Phi) is 16.6. The maximum Gasteiger partial charge on any atom is 0.161 e. The van der Waals surface area contributed by atoms with E-state index in [1.807, 2.05) is 131 Å². The molecule has 3 aromatic carbocycles. The predicted molar refractivity (Wildman–Crippen MR) is 323 cm³/mol. The Morgan fingerprint density at radius 1 is 0.704 bits per heavy atom. The summed E-state index contributed by atoms with van der Waals surface area (Å²) in [7, 11) is 0. The minimum Gasteiger partial charge on any atom is -0.356 e. The quantitative estimate of drug-likeness (QED) is 0.0658. The largest absolute Gasteiger partial charge is 0.356 e. The number of aromatic amines is 4. The Bertz CT molecular complexity index is 4260. The highest BCUT2D eigenvalue weighted by Crippen LogP contribution is 2.35. The van der Waals surface area contributed by atoms with Crippen LogP contribution in [0.2, 0.25) is 0 Å². The summed E-state index contributed by atoms with van der Waals surface area (Å²) >= 11 is 0. The Hall–Kier alpha value is -10.1. The minimum atomic E-state index is -0.504. The lowest BCUT2D eigenvalue weighted by Crippen LogP contribution is -2.26. The lowest BCUT2D eigenvalue weighted by atomic mass is 10.0. The number of hydrogen-bond donors (Lipinski definition) is 5. The van der Waals surface area contributed by atoms with Crippen molar-refractivity contribution < 1.29 is 8.78 Å². The lowest BCUT2D eigenvalue weighted by Gasteiger charge is -2.15. The number of hydrogen-bond acceptors (Lipinski definition) is 10. The number of para-hydroxylation sites is 2. The second-order valence-corrected chi connectivity index (χ2v) is 18.9. The summed E-state index contributed by atoms with van der Waals surface area (Å²) in [4.78, 5) is 35.8. The van der Waals surface area contributed by atoms with Gasteiger partial charge in [-0.15, -0.1) is 0 Å². The van der Waals surface area contributed by atoms with Crippen LogP contribution in [0.1, 0.15) is 62.9 Å². The van der Waals surface area contributed by atoms with Gasteiger partial charge < -0.3 is 15.3 Å². The van der Waals surface area contributed by atoms with Crippen LogP contribution >= 0.6 is 0 Å². The molecule has 0 unspecified atom stereocenters. The third kappa shape index (κ3) is 11.4. The fraction of sp³-hybridized carbons (Fsp3) is 0.138. The number of benzene rings is 3. The van der Waals surface area contributed by atoms with Crippen LogP contribution in [0.25, 0.3) is 107 Å². The molecule has 14 nitrogen and oxygen atoms in total. The number of fused-ring (bicyclic) bond motifs is 3. The summed E-state index contributed by atoms with van der Waals surface area (Å²) in [5.74, 6) is -0.0359. The van der Waals surface area contributed by atoms with Crippen LogP contribution in [0.4, 0.5) is 8.78 Å². The summed E-state index contributed by atoms with van der Waals surface area (Å²) < 4.78 is 32.5. The van der Waals surface area contributed by atoms with Crippen molar-refractivity contribution in [3.63, 3.8) is 0 Å². The van der Waals surface area contributed by atoms with Crippen LogP contribution in [0.5, 0.6) is 0 Å². The molecular formula is C65H60F2N14. The van der Waals surface area contributed by atoms with E-state index >= 15 is 8.78 Å². The number of aromatic nitrogens is 12. The van der Waals surface area contributed by atoms with Crippen molar-refractivity contribution in [2.75, 3.05) is 13.1 Å². The summed E-state index contributed by atoms with van der Waals surface area (Å²) in [6.07, 6.45) is 21.5. The van der Waals surface area contributed by atoms with Crippen LogP contribution < -0.4 is 15.9 Å². The average molecular weight is 1080 g/mol. The van der Waals surface area contributed by atoms with Gasteiger partial charge in [0.25, 0.3) is 0 Å². The molecule has 0 aliphatic carbocycles. The fourth-order valence-corrected chi connectivity index (χ4v) is 9.83. The van der Waals surface area contributed by atoms with E-state index in [4.69, 9.17) is 9.97 Å². The molecule has 0 spiro atoms. The van der Waals surface area contributed by atoms with Gasteiger partial charge in [0, 0.05) is 83.0 Å². The SMILES string of the molecule is C=C(/C(F)=c1/c(-c2nc3c(-c4ccncc4)cccc3[nH]2)n[nH]/c1=C/C)c1cncc(CN2CCCC2)c1.C=C/C(=C\C(=C/C)c1ncc2[nH]nc(-c3nc4c(-c5ccncc5)cccc4[nH]3)c2c1F)NC(=C)c1ccccc1.CC. The molecule has 5 N–H and O–H groups in total. The zero-order chi connectivity index (χ0) is 56.4. The van der Waals surface area contributed by atoms with Gasteiger partial charge in [0.05, 0.1) is 49.7 Å². The van der Waals surface area contributed by atoms with Crippen LogP contribution in [-0.4, -0.2) is 78.3 Å². The second kappa shape index (κ2) is 24.7. The van der Waals surface area contributed by atoms with E-state index in [9.17, 15) is 0 Å². The molecule has 0 amide bonds. The van der Waals surface area contributed by atoms with Crippen LogP contribution in [0, 0.1) is 5.82 Å². The number of likely N-dealkylation sites (tertiary alicyclic amines) is 1. The second-order valence-electron chi connectivity index (χ2n) is 18.9. The maximum absolute atomic E-state index is 16.3. The molecule has 0 saturated carbocycles. The Labute approximate surface area is 467 Å². The topological polar surface area (TPSA) is 182 Å². The highest BCUT2D eigenvalue weighted by Gasteiger charge is 2.23. The smallest absolute Gasteiger partial charge is 0.161 e. The van der Waals surface area contributed by atoms with Crippen LogP contribution in [0.3, 0.4) is 0 Å². The third-order valence-electron chi connectivity index (χ3n) is 13.8. The van der Waals surface area contributed by atoms with Gasteiger partial charge in [-0.3, -0.25) is 35.0 Å². The van der Waals surface area contributed by atoms with Crippen LogP contribution in [-0.2, 0) is 6.54 Å². The molecule has 8 aromatic heterocycles. The van der Waals surface area contributed by atoms with E-state index in [2.05, 4.69) is 80.3 Å². The molecule has 404 valence electrons. The van der Waals surface area contributed by atoms with E-state index in [0.29, 0.717) is 67.0 Å². The van der Waals surface area contributed by atoms with Crippen LogP contribution in [0.15, 0.2) is 184 Å². The Morgan fingerprint density at radius 3 is 1.93 bits per heavy atom. The van der Waals surface area contributed by atoms with Gasteiger partial charge in [0.2, 0.25) is 0 Å². The number of nitrogens with zero attached hydrogens (tertiary/aromatic N) is 9. The molecular weight excluding hydrogens is 1010 g/mol. The first-order valence-electron chi connectivity index (χ1n) is 26.8. The van der Waals surface area contributed by atoms with E-state index in [0.717, 1.165) is 75.1 Å². The number of imidazole rings is 2. The van der Waals surface area contributed by atoms with Gasteiger partial charge >= 0.3 is 0 Å². The maximum atomic E-state index is 16.3. The summed E-state index contributed by atoms with van der Waals surface area (Å²) in [5, 5.41) is 19.2. The van der Waals surface area contributed by atoms with Gasteiger partial charge in [-0.05, 0) is 117 Å². The molecule has 0 bridgehead atoms. The zero-order valence-corrected chi connectivity index (χ0v) is 45.5. The first-order chi connectivity index (χ1) is 39.7. The number of H-pyrrole nitrogens is 4. The molecule has 81 heavy (non-hydrogen) atoms. The standard InChI is InChI=1S/C33H26FN7.C30H28FN7.C2H6/c1-4-21(18-24(5-2)37-20(3)22-10-7-6-8-11-22)30-29(34)28-27(19-36-30)40-41-32(28)33-38-26-13-9-12-25(31(26)39-33)23-14-16-35-17-15-23;1-3-24-26(27(31)19(2)22-15-20(16-33-17-22)18-38-13-4-5-14-38)29(37-36-24)30-34-25-8-6-7-23(28(25)35-30)21-9-11-32-12-10-21;1-2/h4-19,37H,2-3H2,1H3,(H,38,39)(H,40,41);3,6-12,15-17,36H,2,4-5,13-14,18H2,1H3,(H,34,35);1-2H3/b21-4+,24-18+;24-3+,27-26-;. The molecule has 0 atom stereocenters. The summed E-state index contributed by atoms with van der Waals surface area (Å²) in [6, 6.07) is 31.3. The fourth-order valence-electron chi connectivity index (χ4n) is 9.83. The van der Waals surface area contributed by atoms with Crippen molar-refractivity contribution in [2.24, 2.45) is 0 Å². The van der Waals surface area contributed by atoms with Gasteiger partial charge in [-0.2, -0.15) is 10.2 Å². The van der Waals surface area contributed by atoms with Crippen molar-refractivity contribution in [3.05, 3.63) is 223 Å². The monoisotopic (exact) mass is 1070 g/mol. The molecule has 1 saturated heterocycles. The molecule has 0 radical (unpaired) electrons. The van der Waals surface area contributed by atoms with Crippen molar-refractivity contribution >= 4 is 61.7 Å². The number of allylic oxidation sites excluding steroid dienone is 5. The van der Waals surface area contributed by atoms with Crippen molar-refractivity contribution in [1.82, 2.24) is 70.5 Å². The highest BCUT2D eigenvalue weighted by atomic mass is 19.1. The number of rotatable bonds is 14. The Balaban J connectivity index is 0.000000177. The molecule has 12 rings (SSSR count). The highest BCUT2D eigenvalue weighted by molar-refractivity contribution is 5.99. The van der Waals surface area contributed by atoms with Gasteiger partial charge in [-0.1, -0.05) is 100 Å². The first-order valence-corrected chi connectivity index (χ1v) is 26.8. The number of nitrogens with one attached hydrogen (secondary N) is 5. The molecule has 1 aliphatic rings. The van der Waals surface area contributed by atoms with E-state index in [1.54, 1.807) is 61.5 Å². The lowest BCUT2D eigenvalue weighted by molar-refractivity contribution is 0.331. The first kappa shape index (κ1) is 54.3. The van der Waals surface area contributed by atoms with Crippen molar-refractivity contribution in [3.8, 4) is 45.3 Å². The van der Waals surface area contributed by atoms with Gasteiger partial charge in [-0.25, -0.2) is 18.7 Å². The Morgan fingerprint density at radius 2 is 1.32 bits per heavy atom. The molecule has 1 aliphatic heterocycles. The van der Waals surface area contributed by atoms with Gasteiger partial charge in [0.15, 0.2) is 17.5 Å². The normalized spacial score (nSPS) is 13.4. The zero-order valence-electron chi connectivity index (χ0n) is 45.5. The van der Waals surface area contributed by atoms with Gasteiger partial charge in [0.1, 0.15) is 22.9 Å². The van der Waals surface area contributed by atoms with Crippen molar-refractivity contribution in [2.45, 2.75) is 47.1 Å². The van der Waals surface area contributed by atoms with Crippen molar-refractivity contribution in [1.29, 1.82) is 0 Å². The third-order valence-corrected chi connectivity index (χ3v) is 13.8.